The first-order valence-electron chi connectivity index (χ1n) is 12.7. The van der Waals surface area contributed by atoms with Gasteiger partial charge in [0.25, 0.3) is 5.91 Å². The van der Waals surface area contributed by atoms with Crippen LogP contribution in [0.15, 0.2) is 67.3 Å². The Kier molecular flexibility index (Phi) is 7.87. The molecule has 1 atom stereocenters. The first-order valence-corrected chi connectivity index (χ1v) is 12.7. The number of nitrogens with one attached hydrogen (secondary N) is 3. The molecule has 0 saturated carbocycles. The molecule has 0 radical (unpaired) electrons. The number of aromatic nitrogens is 2. The van der Waals surface area contributed by atoms with E-state index in [1.807, 2.05) is 63.2 Å². The van der Waals surface area contributed by atoms with Crippen molar-refractivity contribution in [2.75, 3.05) is 31.3 Å². The topological polar surface area (TPSA) is 112 Å². The van der Waals surface area contributed by atoms with Gasteiger partial charge in [0.2, 0.25) is 5.91 Å². The van der Waals surface area contributed by atoms with Crippen molar-refractivity contribution in [1.29, 1.82) is 0 Å². The van der Waals surface area contributed by atoms with Crippen LogP contribution < -0.4 is 16.0 Å². The summed E-state index contributed by atoms with van der Waals surface area (Å²) >= 11 is 0. The van der Waals surface area contributed by atoms with E-state index in [2.05, 4.69) is 27.6 Å². The molecule has 2 aromatic carbocycles. The Balaban J connectivity index is 1.52. The average Bonchev–Trinajstić information content (AvgIpc) is 3.35. The van der Waals surface area contributed by atoms with E-state index >= 15 is 0 Å². The summed E-state index contributed by atoms with van der Waals surface area (Å²) in [5, 5.41) is 13.5. The van der Waals surface area contributed by atoms with Crippen LogP contribution in [0.5, 0.6) is 0 Å². The van der Waals surface area contributed by atoms with Gasteiger partial charge in [-0.25, -0.2) is 4.79 Å². The highest BCUT2D eigenvalue weighted by Gasteiger charge is 2.45. The van der Waals surface area contributed by atoms with Crippen LogP contribution in [-0.2, 0) is 23.9 Å². The van der Waals surface area contributed by atoms with E-state index in [-0.39, 0.29) is 23.9 Å². The van der Waals surface area contributed by atoms with Crippen LogP contribution in [0.4, 0.5) is 16.3 Å². The highest BCUT2D eigenvalue weighted by atomic mass is 16.2. The number of carbonyl (C=O) groups excluding carboxylic acids is 3. The molecule has 0 spiro atoms. The predicted molar refractivity (Wildman–Crippen MR) is 151 cm³/mol. The van der Waals surface area contributed by atoms with Gasteiger partial charge < -0.3 is 25.8 Å². The van der Waals surface area contributed by atoms with E-state index < -0.39 is 5.54 Å². The molecule has 39 heavy (non-hydrogen) atoms. The number of amides is 4. The molecule has 1 aliphatic rings. The van der Waals surface area contributed by atoms with Gasteiger partial charge >= 0.3 is 6.03 Å². The Morgan fingerprint density at radius 1 is 1.08 bits per heavy atom. The molecule has 3 N–H and O–H groups in total. The SMILES string of the molecule is C=CC(=O)Nc1ccc(C(=O)Nc2c3c(nn2C)C(C)(C)N(C(=O)NC(CN(C)C)c2ccccc2)C3)cc1. The van der Waals surface area contributed by atoms with Gasteiger partial charge in [-0.05, 0) is 63.8 Å². The molecular formula is C29H35N7O3. The Labute approximate surface area is 228 Å². The number of anilines is 2. The molecule has 10 heteroatoms. The number of rotatable bonds is 8. The van der Waals surface area contributed by atoms with Crippen molar-refractivity contribution < 1.29 is 14.4 Å². The fourth-order valence-electron chi connectivity index (χ4n) is 4.76. The van der Waals surface area contributed by atoms with Crippen molar-refractivity contribution in [2.45, 2.75) is 32.0 Å². The van der Waals surface area contributed by atoms with Crippen LogP contribution in [0.1, 0.15) is 47.1 Å². The first kappa shape index (κ1) is 27.6. The number of nitrogens with zero attached hydrogens (tertiary/aromatic N) is 4. The minimum atomic E-state index is -0.690. The fraction of sp³-hybridized carbons (Fsp3) is 0.310. The average molecular weight is 530 g/mol. The van der Waals surface area contributed by atoms with E-state index in [0.29, 0.717) is 30.2 Å². The highest BCUT2D eigenvalue weighted by molar-refractivity contribution is 6.05. The fourth-order valence-corrected chi connectivity index (χ4v) is 4.76. The van der Waals surface area contributed by atoms with Crippen LogP contribution in [0.25, 0.3) is 0 Å². The minimum absolute atomic E-state index is 0.193. The molecule has 0 aliphatic carbocycles. The molecule has 1 aliphatic heterocycles. The lowest BCUT2D eigenvalue weighted by Gasteiger charge is -2.34. The van der Waals surface area contributed by atoms with Crippen LogP contribution in [0.3, 0.4) is 0 Å². The molecule has 204 valence electrons. The number of benzene rings is 2. The summed E-state index contributed by atoms with van der Waals surface area (Å²) in [6, 6.07) is 16.0. The zero-order valence-electron chi connectivity index (χ0n) is 23.0. The molecule has 3 aromatic rings. The lowest BCUT2D eigenvalue weighted by atomic mass is 10.0. The third-order valence-corrected chi connectivity index (χ3v) is 6.84. The quantitative estimate of drug-likeness (QED) is 0.384. The zero-order chi connectivity index (χ0) is 28.3. The zero-order valence-corrected chi connectivity index (χ0v) is 23.0. The third-order valence-electron chi connectivity index (χ3n) is 6.84. The number of aryl methyl sites for hydroxylation is 1. The van der Waals surface area contributed by atoms with E-state index in [4.69, 9.17) is 0 Å². The number of fused-ring (bicyclic) bond motifs is 1. The molecule has 10 nitrogen and oxygen atoms in total. The maximum Gasteiger partial charge on any atom is 0.319 e. The Hall–Kier alpha value is -4.44. The predicted octanol–water partition coefficient (Wildman–Crippen LogP) is 3.86. The normalized spacial score (nSPS) is 14.5. The largest absolute Gasteiger partial charge is 0.330 e. The van der Waals surface area contributed by atoms with E-state index in [1.54, 1.807) is 40.9 Å². The maximum atomic E-state index is 13.6. The smallest absolute Gasteiger partial charge is 0.319 e. The summed E-state index contributed by atoms with van der Waals surface area (Å²) in [7, 11) is 5.72. The summed E-state index contributed by atoms with van der Waals surface area (Å²) in [6.45, 7) is 8.29. The molecular weight excluding hydrogens is 494 g/mol. The minimum Gasteiger partial charge on any atom is -0.330 e. The molecule has 1 aromatic heterocycles. The van der Waals surface area contributed by atoms with Gasteiger partial charge in [-0.3, -0.25) is 14.3 Å². The van der Waals surface area contributed by atoms with Gasteiger partial charge in [0.1, 0.15) is 5.82 Å². The van der Waals surface area contributed by atoms with Crippen molar-refractivity contribution in [3.8, 4) is 0 Å². The molecule has 1 unspecified atom stereocenters. The third kappa shape index (κ3) is 5.85. The Morgan fingerprint density at radius 2 is 1.74 bits per heavy atom. The molecule has 4 rings (SSSR count). The van der Waals surface area contributed by atoms with Crippen molar-refractivity contribution in [3.05, 3.63) is 89.6 Å². The lowest BCUT2D eigenvalue weighted by Crippen LogP contribution is -2.48. The molecule has 0 saturated heterocycles. The van der Waals surface area contributed by atoms with Crippen molar-refractivity contribution in [1.82, 2.24) is 24.9 Å². The van der Waals surface area contributed by atoms with Gasteiger partial charge in [0.15, 0.2) is 0 Å². The van der Waals surface area contributed by atoms with Crippen LogP contribution >= 0.6 is 0 Å². The van der Waals surface area contributed by atoms with Crippen LogP contribution in [-0.4, -0.2) is 58.1 Å². The van der Waals surface area contributed by atoms with Gasteiger partial charge in [-0.2, -0.15) is 5.10 Å². The second-order valence-corrected chi connectivity index (χ2v) is 10.3. The summed E-state index contributed by atoms with van der Waals surface area (Å²) in [5.74, 6) is -0.112. The van der Waals surface area contributed by atoms with Crippen LogP contribution in [0.2, 0.25) is 0 Å². The lowest BCUT2D eigenvalue weighted by molar-refractivity contribution is -0.111. The van der Waals surface area contributed by atoms with E-state index in [0.717, 1.165) is 16.8 Å². The van der Waals surface area contributed by atoms with Crippen LogP contribution in [0, 0.1) is 0 Å². The Bertz CT molecular complexity index is 1380. The summed E-state index contributed by atoms with van der Waals surface area (Å²) < 4.78 is 1.64. The summed E-state index contributed by atoms with van der Waals surface area (Å²) in [6.07, 6.45) is 1.18. The highest BCUT2D eigenvalue weighted by Crippen LogP contribution is 2.41. The summed E-state index contributed by atoms with van der Waals surface area (Å²) in [5.41, 5.74) is 2.85. The summed E-state index contributed by atoms with van der Waals surface area (Å²) in [4.78, 5) is 42.0. The molecule has 2 heterocycles. The molecule has 4 amide bonds. The number of hydrogen-bond donors (Lipinski definition) is 3. The van der Waals surface area contributed by atoms with Gasteiger partial charge in [0, 0.05) is 30.4 Å². The standard InChI is InChI=1S/C29H35N7O3/c1-7-24(37)30-21-15-13-20(14-16-21)27(38)32-26-22-17-36(29(2,3)25(22)33-35(26)6)28(39)31-23(18-34(4)5)19-11-9-8-10-12-19/h7-16,23H,1,17-18H2,2-6H3,(H,30,37)(H,31,39)(H,32,38). The monoisotopic (exact) mass is 529 g/mol. The van der Waals surface area contributed by atoms with Crippen molar-refractivity contribution in [2.24, 2.45) is 7.05 Å². The van der Waals surface area contributed by atoms with E-state index in [1.165, 1.54) is 6.08 Å². The maximum absolute atomic E-state index is 13.6. The number of likely N-dealkylation sites (N-methyl/N-ethyl adjacent to an activating group) is 1. The first-order chi connectivity index (χ1) is 18.5. The Morgan fingerprint density at radius 3 is 2.36 bits per heavy atom. The van der Waals surface area contributed by atoms with Gasteiger partial charge in [-0.15, -0.1) is 0 Å². The number of carbonyl (C=O) groups is 3. The number of urea groups is 1. The van der Waals surface area contributed by atoms with Gasteiger partial charge in [0.05, 0.1) is 23.8 Å². The van der Waals surface area contributed by atoms with Crippen molar-refractivity contribution >= 4 is 29.4 Å². The van der Waals surface area contributed by atoms with E-state index in [9.17, 15) is 14.4 Å². The molecule has 0 fully saturated rings. The van der Waals surface area contributed by atoms with Gasteiger partial charge in [-0.1, -0.05) is 36.9 Å². The second-order valence-electron chi connectivity index (χ2n) is 10.3. The second kappa shape index (κ2) is 11.1. The van der Waals surface area contributed by atoms with Crippen molar-refractivity contribution in [3.63, 3.8) is 0 Å². The molecule has 0 bridgehead atoms. The number of hydrogen-bond acceptors (Lipinski definition) is 5.